The predicted octanol–water partition coefficient (Wildman–Crippen LogP) is 3.09. The molecule has 1 aromatic carbocycles. The topological polar surface area (TPSA) is 96.2 Å². The Bertz CT molecular complexity index is 620. The highest BCUT2D eigenvalue weighted by Gasteiger charge is 2.20. The van der Waals surface area contributed by atoms with Crippen molar-refractivity contribution in [3.8, 4) is 0 Å². The fourth-order valence-corrected chi connectivity index (χ4v) is 2.01. The molecule has 6 nitrogen and oxygen atoms in total. The summed E-state index contributed by atoms with van der Waals surface area (Å²) >= 11 is 0. The van der Waals surface area contributed by atoms with Crippen molar-refractivity contribution in [3.63, 3.8) is 0 Å². The number of carbonyl (C=O) groups is 2. The van der Waals surface area contributed by atoms with Gasteiger partial charge < -0.3 is 14.9 Å². The fraction of sp³-hybridized carbons (Fsp3) is 0.389. The van der Waals surface area contributed by atoms with Gasteiger partial charge in [0, 0.05) is 11.8 Å². The van der Waals surface area contributed by atoms with Gasteiger partial charge in [-0.1, -0.05) is 44.2 Å². The zero-order chi connectivity index (χ0) is 18.1. The first-order chi connectivity index (χ1) is 11.4. The van der Waals surface area contributed by atoms with E-state index in [0.29, 0.717) is 12.0 Å². The lowest BCUT2D eigenvalue weighted by Crippen LogP contribution is -2.21. The van der Waals surface area contributed by atoms with E-state index in [0.717, 1.165) is 6.21 Å². The van der Waals surface area contributed by atoms with Gasteiger partial charge in [0.2, 0.25) is 0 Å². The van der Waals surface area contributed by atoms with Crippen LogP contribution in [0.25, 0.3) is 5.76 Å². The number of carboxylic acid groups (broad SMARTS) is 1. The number of hydrogen-bond acceptors (Lipinski definition) is 5. The van der Waals surface area contributed by atoms with E-state index in [-0.39, 0.29) is 23.9 Å². The average Bonchev–Trinajstić information content (AvgIpc) is 2.54. The van der Waals surface area contributed by atoms with Gasteiger partial charge in [-0.05, 0) is 19.3 Å². The summed E-state index contributed by atoms with van der Waals surface area (Å²) in [5, 5.41) is 19.6. The monoisotopic (exact) mass is 333 g/mol. The van der Waals surface area contributed by atoms with Crippen LogP contribution >= 0.6 is 0 Å². The molecule has 0 radical (unpaired) electrons. The predicted molar refractivity (Wildman–Crippen MR) is 92.0 cm³/mol. The van der Waals surface area contributed by atoms with Gasteiger partial charge in [-0.3, -0.25) is 4.99 Å². The molecule has 0 aromatic heterocycles. The summed E-state index contributed by atoms with van der Waals surface area (Å²) < 4.78 is 4.93. The van der Waals surface area contributed by atoms with E-state index in [2.05, 4.69) is 4.99 Å². The molecule has 24 heavy (non-hydrogen) atoms. The number of aliphatic imine (C=N–C) groups is 1. The van der Waals surface area contributed by atoms with Crippen LogP contribution in [0.2, 0.25) is 0 Å². The molecule has 1 aromatic rings. The van der Waals surface area contributed by atoms with E-state index in [1.807, 2.05) is 13.8 Å². The van der Waals surface area contributed by atoms with Gasteiger partial charge in [0.05, 0.1) is 6.61 Å². The minimum Gasteiger partial charge on any atom is -0.506 e. The van der Waals surface area contributed by atoms with Gasteiger partial charge >= 0.3 is 11.9 Å². The maximum Gasteiger partial charge on any atom is 0.343 e. The Kier molecular flexibility index (Phi) is 7.68. The summed E-state index contributed by atoms with van der Waals surface area (Å²) in [4.78, 5) is 27.3. The van der Waals surface area contributed by atoms with Crippen molar-refractivity contribution in [2.75, 3.05) is 6.61 Å². The molecule has 1 rings (SSSR count). The summed E-state index contributed by atoms with van der Waals surface area (Å²) in [5.74, 6) is -2.01. The zero-order valence-corrected chi connectivity index (χ0v) is 14.1. The molecular weight excluding hydrogens is 310 g/mol. The molecule has 0 unspecified atom stereocenters. The van der Waals surface area contributed by atoms with Crippen molar-refractivity contribution < 1.29 is 24.5 Å². The lowest BCUT2D eigenvalue weighted by Gasteiger charge is -2.11. The third kappa shape index (κ3) is 5.87. The number of hydrogen-bond donors (Lipinski definition) is 2. The zero-order valence-electron chi connectivity index (χ0n) is 14.1. The molecule has 6 heteroatoms. The molecule has 2 N–H and O–H groups in total. The number of rotatable bonds is 8. The second kappa shape index (κ2) is 9.50. The van der Waals surface area contributed by atoms with E-state index in [9.17, 15) is 19.8 Å². The van der Waals surface area contributed by atoms with E-state index >= 15 is 0 Å². The minimum atomic E-state index is -1.08. The Morgan fingerprint density at radius 3 is 2.33 bits per heavy atom. The van der Waals surface area contributed by atoms with Crippen molar-refractivity contribution in [1.29, 1.82) is 0 Å². The Labute approximate surface area is 141 Å². The number of ether oxygens (including phenoxy) is 1. The van der Waals surface area contributed by atoms with Crippen molar-refractivity contribution in [3.05, 3.63) is 41.5 Å². The van der Waals surface area contributed by atoms with Crippen LogP contribution < -0.4 is 0 Å². The summed E-state index contributed by atoms with van der Waals surface area (Å²) in [6.07, 6.45) is 1.41. The van der Waals surface area contributed by atoms with Crippen molar-refractivity contribution in [2.24, 2.45) is 10.9 Å². The quantitative estimate of drug-likeness (QED) is 0.330. The highest BCUT2D eigenvalue weighted by Crippen LogP contribution is 2.17. The van der Waals surface area contributed by atoms with Crippen LogP contribution in [0.4, 0.5) is 0 Å². The van der Waals surface area contributed by atoms with Gasteiger partial charge in [0.1, 0.15) is 17.4 Å². The third-order valence-corrected chi connectivity index (χ3v) is 3.16. The minimum absolute atomic E-state index is 0.126. The van der Waals surface area contributed by atoms with Crippen LogP contribution in [0.15, 0.2) is 40.9 Å². The van der Waals surface area contributed by atoms with E-state index in [1.165, 1.54) is 0 Å². The molecule has 0 spiro atoms. The Morgan fingerprint density at radius 1 is 1.21 bits per heavy atom. The number of aliphatic hydroxyl groups excluding tert-OH is 1. The molecule has 0 fully saturated rings. The van der Waals surface area contributed by atoms with E-state index in [4.69, 9.17) is 4.74 Å². The molecule has 0 aliphatic rings. The van der Waals surface area contributed by atoms with Crippen LogP contribution in [0.5, 0.6) is 0 Å². The van der Waals surface area contributed by atoms with Gasteiger partial charge in [-0.25, -0.2) is 9.59 Å². The Morgan fingerprint density at radius 2 is 1.83 bits per heavy atom. The highest BCUT2D eigenvalue weighted by molar-refractivity contribution is 6.15. The molecule has 0 saturated heterocycles. The maximum atomic E-state index is 12.1. The number of benzene rings is 1. The number of carbonyl (C=O) groups excluding carboxylic acids is 1. The summed E-state index contributed by atoms with van der Waals surface area (Å²) in [6.45, 7) is 5.54. The molecule has 130 valence electrons. The molecule has 0 amide bonds. The van der Waals surface area contributed by atoms with Crippen LogP contribution in [0.1, 0.15) is 32.8 Å². The van der Waals surface area contributed by atoms with Crippen molar-refractivity contribution >= 4 is 23.9 Å². The summed E-state index contributed by atoms with van der Waals surface area (Å²) in [5.41, 5.74) is 0.251. The molecule has 0 aliphatic carbocycles. The van der Waals surface area contributed by atoms with Crippen LogP contribution in [0, 0.1) is 5.92 Å². The Hall–Kier alpha value is -2.63. The number of nitrogens with zero attached hydrogens (tertiary/aromatic N) is 1. The normalized spacial score (nSPS) is 13.7. The number of esters is 1. The summed E-state index contributed by atoms with van der Waals surface area (Å²) in [6, 6.07) is 7.47. The standard InChI is InChI=1S/C18H23NO5/c1-4-24-18(23)14(16(20)13-8-6-5-7-9-13)11-19-15(17(21)22)10-12(2)3/h5-9,11-12,15,20H,4,10H2,1-3H3,(H,21,22)/b16-14-,19-11?/t15-/m0/s1. The third-order valence-electron chi connectivity index (χ3n) is 3.16. The molecule has 0 aliphatic heterocycles. The first kappa shape index (κ1) is 19.4. The fourth-order valence-electron chi connectivity index (χ4n) is 2.01. The van der Waals surface area contributed by atoms with Gasteiger partial charge in [0.25, 0.3) is 0 Å². The SMILES string of the molecule is CCOC(=O)/C(C=N[C@@H](CC(C)C)C(=O)O)=C(\O)c1ccccc1. The highest BCUT2D eigenvalue weighted by atomic mass is 16.5. The van der Waals surface area contributed by atoms with E-state index in [1.54, 1.807) is 37.3 Å². The number of aliphatic carboxylic acids is 1. The lowest BCUT2D eigenvalue weighted by molar-refractivity contribution is -0.139. The first-order valence-corrected chi connectivity index (χ1v) is 7.78. The Balaban J connectivity index is 3.21. The molecule has 0 saturated carbocycles. The molecule has 0 heterocycles. The van der Waals surface area contributed by atoms with Crippen LogP contribution in [-0.2, 0) is 14.3 Å². The summed E-state index contributed by atoms with van der Waals surface area (Å²) in [7, 11) is 0. The number of aliphatic hydroxyl groups is 1. The van der Waals surface area contributed by atoms with Crippen LogP contribution in [-0.4, -0.2) is 41.0 Å². The average molecular weight is 333 g/mol. The molecular formula is C18H23NO5. The second-order valence-electron chi connectivity index (χ2n) is 5.61. The van der Waals surface area contributed by atoms with Gasteiger partial charge in [-0.2, -0.15) is 0 Å². The van der Waals surface area contributed by atoms with Crippen molar-refractivity contribution in [2.45, 2.75) is 33.2 Å². The largest absolute Gasteiger partial charge is 0.506 e. The van der Waals surface area contributed by atoms with Gasteiger partial charge in [0.15, 0.2) is 0 Å². The van der Waals surface area contributed by atoms with E-state index < -0.39 is 18.0 Å². The maximum absolute atomic E-state index is 12.1. The number of carboxylic acids is 1. The smallest absolute Gasteiger partial charge is 0.343 e. The molecule has 0 bridgehead atoms. The first-order valence-electron chi connectivity index (χ1n) is 7.78. The lowest BCUT2D eigenvalue weighted by atomic mass is 10.0. The van der Waals surface area contributed by atoms with Crippen LogP contribution in [0.3, 0.4) is 0 Å². The van der Waals surface area contributed by atoms with Crippen molar-refractivity contribution in [1.82, 2.24) is 0 Å². The van der Waals surface area contributed by atoms with Gasteiger partial charge in [-0.15, -0.1) is 0 Å². The molecule has 1 atom stereocenters. The second-order valence-corrected chi connectivity index (χ2v) is 5.61.